The van der Waals surface area contributed by atoms with Gasteiger partial charge in [0.15, 0.2) is 0 Å². The molecule has 0 unspecified atom stereocenters. The molecule has 0 aliphatic heterocycles. The van der Waals surface area contributed by atoms with Gasteiger partial charge in [0.2, 0.25) is 0 Å². The van der Waals surface area contributed by atoms with E-state index in [9.17, 15) is 9.59 Å². The van der Waals surface area contributed by atoms with Crippen LogP contribution in [0.3, 0.4) is 0 Å². The minimum Gasteiger partial charge on any atom is -0.352 e. The van der Waals surface area contributed by atoms with Gasteiger partial charge in [-0.15, -0.1) is 0 Å². The lowest BCUT2D eigenvalue weighted by atomic mass is 9.84. The first kappa shape index (κ1) is 22.1. The summed E-state index contributed by atoms with van der Waals surface area (Å²) in [6.07, 6.45) is 5.20. The van der Waals surface area contributed by atoms with Crippen molar-refractivity contribution in [2.24, 2.45) is 5.92 Å². The lowest BCUT2D eigenvalue weighted by Gasteiger charge is -2.29. The Hall–Kier alpha value is -2.62. The molecule has 0 saturated heterocycles. The molecule has 2 aromatic carbocycles. The fourth-order valence-electron chi connectivity index (χ4n) is 4.12. The Kier molecular flexibility index (Phi) is 7.30. The van der Waals surface area contributed by atoms with Gasteiger partial charge in [0.1, 0.15) is 0 Å². The highest BCUT2D eigenvalue weighted by atomic mass is 16.2. The van der Waals surface area contributed by atoms with E-state index in [4.69, 9.17) is 0 Å². The largest absolute Gasteiger partial charge is 0.352 e. The molecule has 3 rings (SSSR count). The molecule has 160 valence electrons. The lowest BCUT2D eigenvalue weighted by molar-refractivity contribution is 0.0913. The van der Waals surface area contributed by atoms with Crippen molar-refractivity contribution in [3.8, 4) is 0 Å². The lowest BCUT2D eigenvalue weighted by Crippen LogP contribution is -2.38. The topological polar surface area (TPSA) is 58.2 Å². The fraction of sp³-hybridized carbons (Fsp3) is 0.462. The number of carbonyl (C=O) groups is 2. The van der Waals surface area contributed by atoms with Crippen LogP contribution in [-0.2, 0) is 0 Å². The molecule has 4 nitrogen and oxygen atoms in total. The summed E-state index contributed by atoms with van der Waals surface area (Å²) in [6, 6.07) is 12.0. The Balaban J connectivity index is 1.39. The van der Waals surface area contributed by atoms with E-state index in [0.29, 0.717) is 12.5 Å². The molecule has 1 fully saturated rings. The number of hydrogen-bond donors (Lipinski definition) is 2. The van der Waals surface area contributed by atoms with E-state index in [-0.39, 0.29) is 17.9 Å². The van der Waals surface area contributed by atoms with Crippen molar-refractivity contribution in [3.05, 3.63) is 69.8 Å². The Morgan fingerprint density at radius 2 is 1.30 bits per heavy atom. The number of aryl methyl sites for hydroxylation is 4. The van der Waals surface area contributed by atoms with Crippen LogP contribution in [0.5, 0.6) is 0 Å². The Morgan fingerprint density at radius 1 is 0.767 bits per heavy atom. The van der Waals surface area contributed by atoms with Gasteiger partial charge in [-0.1, -0.05) is 12.1 Å². The Bertz CT molecular complexity index is 911. The van der Waals surface area contributed by atoms with E-state index >= 15 is 0 Å². The van der Waals surface area contributed by atoms with Crippen molar-refractivity contribution in [2.75, 3.05) is 6.54 Å². The highest BCUT2D eigenvalue weighted by molar-refractivity contribution is 5.95. The standard InChI is InChI=1S/C26H34N2O2/c1-17-5-9-22(15-19(17)3)25(29)27-14-13-21-7-11-24(12-8-21)28-26(30)23-10-6-18(2)20(4)16-23/h5-6,9-10,15-16,21,24H,7-8,11-14H2,1-4H3,(H,27,29)(H,28,30). The molecule has 0 heterocycles. The van der Waals surface area contributed by atoms with Gasteiger partial charge in [-0.2, -0.15) is 0 Å². The van der Waals surface area contributed by atoms with Crippen molar-refractivity contribution in [2.45, 2.75) is 65.8 Å². The minimum atomic E-state index is 0.00689. The normalized spacial score (nSPS) is 18.7. The van der Waals surface area contributed by atoms with Crippen LogP contribution in [0.1, 0.15) is 75.1 Å². The molecule has 4 heteroatoms. The SMILES string of the molecule is Cc1ccc(C(=O)NCCC2CCC(NC(=O)c3ccc(C)c(C)c3)CC2)cc1C. The van der Waals surface area contributed by atoms with Gasteiger partial charge in [-0.25, -0.2) is 0 Å². The molecule has 2 N–H and O–H groups in total. The van der Waals surface area contributed by atoms with Crippen molar-refractivity contribution in [3.63, 3.8) is 0 Å². The quantitative estimate of drug-likeness (QED) is 0.707. The van der Waals surface area contributed by atoms with Crippen molar-refractivity contribution < 1.29 is 9.59 Å². The van der Waals surface area contributed by atoms with E-state index in [1.165, 1.54) is 11.1 Å². The Labute approximate surface area is 180 Å². The monoisotopic (exact) mass is 406 g/mol. The smallest absolute Gasteiger partial charge is 0.251 e. The summed E-state index contributed by atoms with van der Waals surface area (Å²) in [5.74, 6) is 0.648. The van der Waals surface area contributed by atoms with Crippen molar-refractivity contribution >= 4 is 11.8 Å². The van der Waals surface area contributed by atoms with E-state index in [1.807, 2.05) is 50.2 Å². The highest BCUT2D eigenvalue weighted by Gasteiger charge is 2.23. The van der Waals surface area contributed by atoms with Crippen molar-refractivity contribution in [1.29, 1.82) is 0 Å². The predicted molar refractivity (Wildman–Crippen MR) is 122 cm³/mol. The van der Waals surface area contributed by atoms with E-state index in [2.05, 4.69) is 24.5 Å². The second kappa shape index (κ2) is 9.92. The molecule has 0 spiro atoms. The van der Waals surface area contributed by atoms with E-state index in [0.717, 1.165) is 54.4 Å². The average Bonchev–Trinajstić information content (AvgIpc) is 2.73. The zero-order chi connectivity index (χ0) is 21.7. The third kappa shape index (κ3) is 5.71. The minimum absolute atomic E-state index is 0.00689. The number of carbonyl (C=O) groups excluding carboxylic acids is 2. The zero-order valence-electron chi connectivity index (χ0n) is 18.7. The third-order valence-electron chi connectivity index (χ3n) is 6.56. The average molecular weight is 407 g/mol. The van der Waals surface area contributed by atoms with Crippen LogP contribution < -0.4 is 10.6 Å². The van der Waals surface area contributed by atoms with Crippen LogP contribution in [0.2, 0.25) is 0 Å². The molecule has 0 aromatic heterocycles. The molecule has 1 aliphatic carbocycles. The molecule has 0 radical (unpaired) electrons. The summed E-state index contributed by atoms with van der Waals surface area (Å²) < 4.78 is 0. The maximum absolute atomic E-state index is 12.5. The van der Waals surface area contributed by atoms with E-state index < -0.39 is 0 Å². The van der Waals surface area contributed by atoms with Crippen LogP contribution in [0, 0.1) is 33.6 Å². The molecule has 0 atom stereocenters. The summed E-state index contributed by atoms with van der Waals surface area (Å²) in [6.45, 7) is 8.88. The van der Waals surface area contributed by atoms with Crippen LogP contribution in [0.25, 0.3) is 0 Å². The zero-order valence-corrected chi connectivity index (χ0v) is 18.7. The van der Waals surface area contributed by atoms with Gasteiger partial charge in [-0.3, -0.25) is 9.59 Å². The summed E-state index contributed by atoms with van der Waals surface area (Å²) in [4.78, 5) is 24.9. The third-order valence-corrected chi connectivity index (χ3v) is 6.56. The number of amides is 2. The first-order chi connectivity index (χ1) is 14.3. The molecule has 0 bridgehead atoms. The van der Waals surface area contributed by atoms with Crippen LogP contribution in [-0.4, -0.2) is 24.4 Å². The van der Waals surface area contributed by atoms with Gasteiger partial charge in [0.25, 0.3) is 11.8 Å². The van der Waals surface area contributed by atoms with Gasteiger partial charge < -0.3 is 10.6 Å². The molecular weight excluding hydrogens is 372 g/mol. The predicted octanol–water partition coefficient (Wildman–Crippen LogP) is 5.03. The second-order valence-electron chi connectivity index (χ2n) is 8.83. The molecule has 30 heavy (non-hydrogen) atoms. The summed E-state index contributed by atoms with van der Waals surface area (Å²) in [5, 5.41) is 6.26. The molecule has 2 amide bonds. The Morgan fingerprint density at radius 3 is 1.83 bits per heavy atom. The number of nitrogens with one attached hydrogen (secondary N) is 2. The number of benzene rings is 2. The molecule has 2 aromatic rings. The molecule has 1 aliphatic rings. The van der Waals surface area contributed by atoms with Gasteiger partial charge in [-0.05, 0) is 112 Å². The second-order valence-corrected chi connectivity index (χ2v) is 8.83. The number of hydrogen-bond acceptors (Lipinski definition) is 2. The summed E-state index contributed by atoms with van der Waals surface area (Å²) in [7, 11) is 0. The van der Waals surface area contributed by atoms with Gasteiger partial charge >= 0.3 is 0 Å². The maximum atomic E-state index is 12.5. The van der Waals surface area contributed by atoms with Gasteiger partial charge in [0, 0.05) is 23.7 Å². The van der Waals surface area contributed by atoms with Crippen LogP contribution in [0.15, 0.2) is 36.4 Å². The molecule has 1 saturated carbocycles. The fourth-order valence-corrected chi connectivity index (χ4v) is 4.12. The highest BCUT2D eigenvalue weighted by Crippen LogP contribution is 2.27. The maximum Gasteiger partial charge on any atom is 0.251 e. The summed E-state index contributed by atoms with van der Waals surface area (Å²) in [5.41, 5.74) is 6.17. The van der Waals surface area contributed by atoms with Crippen LogP contribution in [0.4, 0.5) is 0 Å². The van der Waals surface area contributed by atoms with Gasteiger partial charge in [0.05, 0.1) is 0 Å². The van der Waals surface area contributed by atoms with Crippen molar-refractivity contribution in [1.82, 2.24) is 10.6 Å². The summed E-state index contributed by atoms with van der Waals surface area (Å²) >= 11 is 0. The van der Waals surface area contributed by atoms with E-state index in [1.54, 1.807) is 0 Å². The first-order valence-electron chi connectivity index (χ1n) is 11.1. The van der Waals surface area contributed by atoms with Crippen LogP contribution >= 0.6 is 0 Å². The first-order valence-corrected chi connectivity index (χ1v) is 11.1. The number of rotatable bonds is 6. The molecular formula is C26H34N2O2.